The molecule has 0 bridgehead atoms. The predicted octanol–water partition coefficient (Wildman–Crippen LogP) is 3.53. The topological polar surface area (TPSA) is 24.9 Å². The lowest BCUT2D eigenvalue weighted by molar-refractivity contribution is 0.625. The van der Waals surface area contributed by atoms with Crippen molar-refractivity contribution in [3.63, 3.8) is 0 Å². The molecular formula is C12H12ClFN2S. The van der Waals surface area contributed by atoms with E-state index in [-0.39, 0.29) is 5.82 Å². The summed E-state index contributed by atoms with van der Waals surface area (Å²) in [7, 11) is 0. The molecule has 0 saturated heterocycles. The Kier molecular flexibility index (Phi) is 4.10. The Balaban J connectivity index is 1.92. The largest absolute Gasteiger partial charge is 0.308 e. The third-order valence-corrected chi connectivity index (χ3v) is 3.75. The molecule has 1 aromatic carbocycles. The van der Waals surface area contributed by atoms with E-state index in [0.717, 1.165) is 17.8 Å². The highest BCUT2D eigenvalue weighted by Crippen LogP contribution is 2.17. The number of rotatable bonds is 4. The highest BCUT2D eigenvalue weighted by molar-refractivity contribution is 7.09. The van der Waals surface area contributed by atoms with Crippen molar-refractivity contribution in [1.82, 2.24) is 10.3 Å². The van der Waals surface area contributed by atoms with Crippen molar-refractivity contribution in [3.05, 3.63) is 50.7 Å². The van der Waals surface area contributed by atoms with Crippen LogP contribution in [-0.2, 0) is 13.1 Å². The first-order valence-corrected chi connectivity index (χ1v) is 6.46. The maximum absolute atomic E-state index is 12.8. The summed E-state index contributed by atoms with van der Waals surface area (Å²) in [5, 5.41) is 3.73. The average Bonchev–Trinajstić information content (AvgIpc) is 2.68. The van der Waals surface area contributed by atoms with Crippen molar-refractivity contribution in [2.75, 3.05) is 0 Å². The molecule has 17 heavy (non-hydrogen) atoms. The van der Waals surface area contributed by atoms with Crippen molar-refractivity contribution in [1.29, 1.82) is 0 Å². The first-order valence-electron chi connectivity index (χ1n) is 5.20. The van der Waals surface area contributed by atoms with E-state index in [2.05, 4.69) is 10.3 Å². The molecule has 2 rings (SSSR count). The van der Waals surface area contributed by atoms with Gasteiger partial charge >= 0.3 is 0 Å². The van der Waals surface area contributed by atoms with Gasteiger partial charge in [0.2, 0.25) is 0 Å². The molecule has 0 aliphatic carbocycles. The lowest BCUT2D eigenvalue weighted by Crippen LogP contribution is -2.12. The number of hydrogen-bond acceptors (Lipinski definition) is 3. The molecule has 2 aromatic rings. The van der Waals surface area contributed by atoms with Crippen LogP contribution < -0.4 is 5.32 Å². The monoisotopic (exact) mass is 270 g/mol. The minimum absolute atomic E-state index is 0.308. The number of benzene rings is 1. The molecule has 0 atom stereocenters. The van der Waals surface area contributed by atoms with Gasteiger partial charge in [0.25, 0.3) is 0 Å². The van der Waals surface area contributed by atoms with Gasteiger partial charge in [-0.15, -0.1) is 11.3 Å². The SMILES string of the molecule is Cc1ncsc1CNCc1ccc(F)cc1Cl. The fourth-order valence-electron chi connectivity index (χ4n) is 1.47. The predicted molar refractivity (Wildman–Crippen MR) is 68.8 cm³/mol. The summed E-state index contributed by atoms with van der Waals surface area (Å²) in [5.74, 6) is -0.308. The third kappa shape index (κ3) is 3.25. The maximum Gasteiger partial charge on any atom is 0.124 e. The van der Waals surface area contributed by atoms with Crippen LogP contribution in [0.4, 0.5) is 4.39 Å². The number of aromatic nitrogens is 1. The van der Waals surface area contributed by atoms with Crippen LogP contribution in [-0.4, -0.2) is 4.98 Å². The zero-order valence-corrected chi connectivity index (χ0v) is 10.9. The summed E-state index contributed by atoms with van der Waals surface area (Å²) in [6.45, 7) is 3.36. The fraction of sp³-hybridized carbons (Fsp3) is 0.250. The van der Waals surface area contributed by atoms with Crippen LogP contribution in [0.2, 0.25) is 5.02 Å². The molecule has 0 radical (unpaired) electrons. The number of halogens is 2. The smallest absolute Gasteiger partial charge is 0.124 e. The van der Waals surface area contributed by atoms with Crippen molar-refractivity contribution in [3.8, 4) is 0 Å². The first kappa shape index (κ1) is 12.5. The third-order valence-electron chi connectivity index (χ3n) is 2.46. The van der Waals surface area contributed by atoms with Crippen molar-refractivity contribution in [2.24, 2.45) is 0 Å². The molecule has 90 valence electrons. The van der Waals surface area contributed by atoms with Gasteiger partial charge in [0.1, 0.15) is 5.82 Å². The van der Waals surface area contributed by atoms with Gasteiger partial charge in [-0.25, -0.2) is 9.37 Å². The Labute approximate surface area is 108 Å². The molecule has 2 nitrogen and oxygen atoms in total. The number of thiazole rings is 1. The minimum Gasteiger partial charge on any atom is -0.308 e. The summed E-state index contributed by atoms with van der Waals surface area (Å²) < 4.78 is 12.8. The summed E-state index contributed by atoms with van der Waals surface area (Å²) >= 11 is 7.56. The maximum atomic E-state index is 12.8. The Morgan fingerprint density at radius 3 is 2.88 bits per heavy atom. The van der Waals surface area contributed by atoms with Gasteiger partial charge in [-0.2, -0.15) is 0 Å². The van der Waals surface area contributed by atoms with E-state index in [9.17, 15) is 4.39 Å². The van der Waals surface area contributed by atoms with E-state index in [1.165, 1.54) is 17.0 Å². The molecule has 0 spiro atoms. The van der Waals surface area contributed by atoms with Crippen molar-refractivity contribution < 1.29 is 4.39 Å². The Hall–Kier alpha value is -0.970. The zero-order chi connectivity index (χ0) is 12.3. The second-order valence-electron chi connectivity index (χ2n) is 3.70. The van der Waals surface area contributed by atoms with Crippen LogP contribution in [0.5, 0.6) is 0 Å². The molecule has 1 N–H and O–H groups in total. The Morgan fingerprint density at radius 1 is 1.41 bits per heavy atom. The summed E-state index contributed by atoms with van der Waals surface area (Å²) in [4.78, 5) is 5.39. The van der Waals surface area contributed by atoms with E-state index >= 15 is 0 Å². The summed E-state index contributed by atoms with van der Waals surface area (Å²) in [6.07, 6.45) is 0. The van der Waals surface area contributed by atoms with Crippen LogP contribution >= 0.6 is 22.9 Å². The Morgan fingerprint density at radius 2 is 2.24 bits per heavy atom. The minimum atomic E-state index is -0.308. The van der Waals surface area contributed by atoms with Gasteiger partial charge in [-0.1, -0.05) is 17.7 Å². The van der Waals surface area contributed by atoms with E-state index < -0.39 is 0 Å². The van der Waals surface area contributed by atoms with Crippen LogP contribution in [0.3, 0.4) is 0 Å². The van der Waals surface area contributed by atoms with E-state index in [0.29, 0.717) is 11.6 Å². The molecule has 0 saturated carbocycles. The van der Waals surface area contributed by atoms with E-state index in [4.69, 9.17) is 11.6 Å². The molecule has 0 aliphatic heterocycles. The quantitative estimate of drug-likeness (QED) is 0.919. The van der Waals surface area contributed by atoms with Crippen LogP contribution in [0.1, 0.15) is 16.1 Å². The lowest BCUT2D eigenvalue weighted by atomic mass is 10.2. The highest BCUT2D eigenvalue weighted by atomic mass is 35.5. The van der Waals surface area contributed by atoms with Crippen molar-refractivity contribution in [2.45, 2.75) is 20.0 Å². The second kappa shape index (κ2) is 5.58. The molecular weight excluding hydrogens is 259 g/mol. The fourth-order valence-corrected chi connectivity index (χ4v) is 2.45. The summed E-state index contributed by atoms with van der Waals surface area (Å²) in [5.41, 5.74) is 3.78. The number of nitrogens with zero attached hydrogens (tertiary/aromatic N) is 1. The molecule has 0 unspecified atom stereocenters. The normalized spacial score (nSPS) is 10.8. The van der Waals surface area contributed by atoms with Crippen molar-refractivity contribution >= 4 is 22.9 Å². The molecule has 0 amide bonds. The molecule has 1 aromatic heterocycles. The lowest BCUT2D eigenvalue weighted by Gasteiger charge is -2.06. The Bertz CT molecular complexity index is 513. The van der Waals surface area contributed by atoms with Crippen LogP contribution in [0.15, 0.2) is 23.7 Å². The zero-order valence-electron chi connectivity index (χ0n) is 9.34. The molecule has 0 aliphatic rings. The highest BCUT2D eigenvalue weighted by Gasteiger charge is 2.03. The van der Waals surface area contributed by atoms with Crippen LogP contribution in [0.25, 0.3) is 0 Å². The number of hydrogen-bond donors (Lipinski definition) is 1. The number of nitrogens with one attached hydrogen (secondary N) is 1. The molecule has 0 fully saturated rings. The van der Waals surface area contributed by atoms with E-state index in [1.54, 1.807) is 17.4 Å². The van der Waals surface area contributed by atoms with Gasteiger partial charge in [0.15, 0.2) is 0 Å². The molecule has 5 heteroatoms. The summed E-state index contributed by atoms with van der Waals surface area (Å²) in [6, 6.07) is 4.45. The average molecular weight is 271 g/mol. The van der Waals surface area contributed by atoms with Gasteiger partial charge in [-0.05, 0) is 24.6 Å². The van der Waals surface area contributed by atoms with Gasteiger partial charge in [-0.3, -0.25) is 0 Å². The number of aryl methyl sites for hydroxylation is 1. The standard InChI is InChI=1S/C12H12ClFN2S/c1-8-12(17-7-16-8)6-15-5-9-2-3-10(14)4-11(9)13/h2-4,7,15H,5-6H2,1H3. The first-order chi connectivity index (χ1) is 8.16. The van der Waals surface area contributed by atoms with Gasteiger partial charge in [0, 0.05) is 23.0 Å². The second-order valence-corrected chi connectivity index (χ2v) is 5.05. The van der Waals surface area contributed by atoms with E-state index in [1.807, 2.05) is 12.4 Å². The van der Waals surface area contributed by atoms with Crippen LogP contribution in [0, 0.1) is 12.7 Å². The molecule has 1 heterocycles. The van der Waals surface area contributed by atoms with Gasteiger partial charge < -0.3 is 5.32 Å². The van der Waals surface area contributed by atoms with Gasteiger partial charge in [0.05, 0.1) is 11.2 Å².